The summed E-state index contributed by atoms with van der Waals surface area (Å²) < 4.78 is 13.8. The second-order valence-electron chi connectivity index (χ2n) is 3.85. The van der Waals surface area contributed by atoms with Crippen LogP contribution in [0.5, 0.6) is 0 Å². The number of amides is 1. The topological polar surface area (TPSA) is 58.4 Å². The first-order chi connectivity index (χ1) is 8.06. The van der Waals surface area contributed by atoms with E-state index >= 15 is 0 Å². The van der Waals surface area contributed by atoms with Gasteiger partial charge < -0.3 is 16.0 Å². The Morgan fingerprint density at radius 2 is 2.24 bits per heavy atom. The number of nitrogens with two attached hydrogens (primary N) is 1. The minimum absolute atomic E-state index is 0.0000579. The van der Waals surface area contributed by atoms with E-state index in [1.807, 2.05) is 13.0 Å². The van der Waals surface area contributed by atoms with Crippen molar-refractivity contribution >= 4 is 11.6 Å². The van der Waals surface area contributed by atoms with E-state index in [2.05, 4.69) is 5.32 Å². The van der Waals surface area contributed by atoms with Crippen molar-refractivity contribution in [2.24, 2.45) is 5.73 Å². The van der Waals surface area contributed by atoms with Crippen LogP contribution in [-0.4, -0.2) is 26.0 Å². The van der Waals surface area contributed by atoms with Gasteiger partial charge in [-0.3, -0.25) is 4.79 Å². The molecule has 17 heavy (non-hydrogen) atoms. The predicted molar refractivity (Wildman–Crippen MR) is 66.2 cm³/mol. The van der Waals surface area contributed by atoms with Crippen LogP contribution in [0, 0.1) is 5.82 Å². The van der Waals surface area contributed by atoms with E-state index < -0.39 is 5.91 Å². The number of nitrogens with zero attached hydrogens (tertiary/aromatic N) is 1. The molecule has 0 atom stereocenters. The van der Waals surface area contributed by atoms with Crippen LogP contribution in [0.4, 0.5) is 10.1 Å². The van der Waals surface area contributed by atoms with Crippen LogP contribution in [0.15, 0.2) is 18.2 Å². The highest BCUT2D eigenvalue weighted by Crippen LogP contribution is 2.23. The van der Waals surface area contributed by atoms with Crippen LogP contribution in [-0.2, 0) is 11.3 Å². The quantitative estimate of drug-likeness (QED) is 0.774. The minimum atomic E-state index is -0.481. The van der Waals surface area contributed by atoms with Crippen molar-refractivity contribution in [3.63, 3.8) is 0 Å². The van der Waals surface area contributed by atoms with Crippen LogP contribution in [0.3, 0.4) is 0 Å². The molecule has 0 unspecified atom stereocenters. The summed E-state index contributed by atoms with van der Waals surface area (Å²) in [6.07, 6.45) is 0. The summed E-state index contributed by atoms with van der Waals surface area (Å²) in [5.74, 6) is -0.825. The fourth-order valence-corrected chi connectivity index (χ4v) is 1.70. The Morgan fingerprint density at radius 1 is 1.53 bits per heavy atom. The molecule has 1 aromatic carbocycles. The molecule has 0 radical (unpaired) electrons. The van der Waals surface area contributed by atoms with E-state index in [0.717, 1.165) is 12.1 Å². The molecule has 0 saturated heterocycles. The molecule has 0 bridgehead atoms. The normalized spacial score (nSPS) is 10.3. The molecule has 0 aliphatic heterocycles. The van der Waals surface area contributed by atoms with Gasteiger partial charge in [0.05, 0.1) is 12.2 Å². The first kappa shape index (κ1) is 13.4. The van der Waals surface area contributed by atoms with Crippen molar-refractivity contribution in [1.82, 2.24) is 5.32 Å². The average molecular weight is 239 g/mol. The van der Waals surface area contributed by atoms with Gasteiger partial charge in [-0.2, -0.15) is 0 Å². The molecule has 4 nitrogen and oxygen atoms in total. The molecule has 0 aliphatic rings. The lowest BCUT2D eigenvalue weighted by molar-refractivity contribution is -0.116. The Kier molecular flexibility index (Phi) is 4.90. The largest absolute Gasteiger partial charge is 0.368 e. The maximum atomic E-state index is 13.8. The fourth-order valence-electron chi connectivity index (χ4n) is 1.70. The summed E-state index contributed by atoms with van der Waals surface area (Å²) in [4.78, 5) is 12.4. The minimum Gasteiger partial charge on any atom is -0.368 e. The third-order valence-electron chi connectivity index (χ3n) is 2.41. The van der Waals surface area contributed by atoms with Gasteiger partial charge in [-0.1, -0.05) is 19.1 Å². The first-order valence-electron chi connectivity index (χ1n) is 5.53. The molecule has 0 fully saturated rings. The first-order valence-corrected chi connectivity index (χ1v) is 5.53. The Labute approximate surface area is 101 Å². The monoisotopic (exact) mass is 239 g/mol. The Hall–Kier alpha value is -1.62. The van der Waals surface area contributed by atoms with Gasteiger partial charge >= 0.3 is 0 Å². The molecule has 1 amide bonds. The number of carbonyl (C=O) groups is 1. The summed E-state index contributed by atoms with van der Waals surface area (Å²) >= 11 is 0. The van der Waals surface area contributed by atoms with Gasteiger partial charge in [0.15, 0.2) is 0 Å². The molecule has 0 aromatic heterocycles. The molecule has 0 saturated carbocycles. The fraction of sp³-hybridized carbons (Fsp3) is 0.417. The van der Waals surface area contributed by atoms with Crippen LogP contribution in [0.2, 0.25) is 0 Å². The summed E-state index contributed by atoms with van der Waals surface area (Å²) in [5, 5.41) is 3.13. The van der Waals surface area contributed by atoms with Crippen LogP contribution < -0.4 is 16.0 Å². The number of rotatable bonds is 6. The van der Waals surface area contributed by atoms with Gasteiger partial charge in [0, 0.05) is 13.6 Å². The molecular formula is C12H18FN3O. The zero-order chi connectivity index (χ0) is 12.8. The highest BCUT2D eigenvalue weighted by molar-refractivity contribution is 5.79. The van der Waals surface area contributed by atoms with E-state index in [1.54, 1.807) is 13.1 Å². The van der Waals surface area contributed by atoms with Crippen molar-refractivity contribution in [1.29, 1.82) is 0 Å². The number of likely N-dealkylation sites (N-methyl/N-ethyl adjacent to an activating group) is 1. The molecular weight excluding hydrogens is 221 g/mol. The summed E-state index contributed by atoms with van der Waals surface area (Å²) in [5.41, 5.74) is 6.35. The number of carbonyl (C=O) groups excluding carboxylic acids is 1. The molecule has 5 heteroatoms. The van der Waals surface area contributed by atoms with Gasteiger partial charge in [0.1, 0.15) is 5.82 Å². The van der Waals surface area contributed by atoms with E-state index in [0.29, 0.717) is 12.2 Å². The van der Waals surface area contributed by atoms with Crippen LogP contribution in [0.1, 0.15) is 12.5 Å². The number of primary amides is 1. The van der Waals surface area contributed by atoms with Crippen molar-refractivity contribution in [3.8, 4) is 0 Å². The van der Waals surface area contributed by atoms with Gasteiger partial charge in [-0.15, -0.1) is 0 Å². The van der Waals surface area contributed by atoms with Crippen molar-refractivity contribution in [3.05, 3.63) is 29.6 Å². The Bertz CT molecular complexity index is 395. The number of nitrogens with one attached hydrogen (secondary N) is 1. The highest BCUT2D eigenvalue weighted by Gasteiger charge is 2.13. The molecule has 1 rings (SSSR count). The van der Waals surface area contributed by atoms with E-state index in [1.165, 1.54) is 11.0 Å². The second kappa shape index (κ2) is 6.20. The summed E-state index contributed by atoms with van der Waals surface area (Å²) in [6, 6.07) is 4.87. The van der Waals surface area contributed by atoms with Crippen molar-refractivity contribution in [2.45, 2.75) is 13.5 Å². The summed E-state index contributed by atoms with van der Waals surface area (Å²) in [7, 11) is 1.65. The molecule has 0 heterocycles. The Balaban J connectivity index is 2.97. The number of anilines is 1. The van der Waals surface area contributed by atoms with Crippen molar-refractivity contribution in [2.75, 3.05) is 25.0 Å². The number of hydrogen-bond donors (Lipinski definition) is 2. The maximum Gasteiger partial charge on any atom is 0.236 e. The number of para-hydroxylation sites is 1. The van der Waals surface area contributed by atoms with Gasteiger partial charge in [0.2, 0.25) is 5.91 Å². The third kappa shape index (κ3) is 3.71. The lowest BCUT2D eigenvalue weighted by atomic mass is 10.1. The molecule has 1 aromatic rings. The third-order valence-corrected chi connectivity index (χ3v) is 2.41. The smallest absolute Gasteiger partial charge is 0.236 e. The van der Waals surface area contributed by atoms with Gasteiger partial charge in [-0.05, 0) is 18.2 Å². The van der Waals surface area contributed by atoms with E-state index in [4.69, 9.17) is 5.73 Å². The zero-order valence-corrected chi connectivity index (χ0v) is 10.2. The van der Waals surface area contributed by atoms with E-state index in [9.17, 15) is 9.18 Å². The maximum absolute atomic E-state index is 13.8. The highest BCUT2D eigenvalue weighted by atomic mass is 19.1. The standard InChI is InChI=1S/C12H18FN3O/c1-3-15-7-9-5-4-6-10(13)12(9)16(2)8-11(14)17/h4-6,15H,3,7-8H2,1-2H3,(H2,14,17). The zero-order valence-electron chi connectivity index (χ0n) is 10.2. The summed E-state index contributed by atoms with van der Waals surface area (Å²) in [6.45, 7) is 3.34. The SMILES string of the molecule is CCNCc1cccc(F)c1N(C)CC(N)=O. The number of benzene rings is 1. The number of halogens is 1. The van der Waals surface area contributed by atoms with E-state index in [-0.39, 0.29) is 12.4 Å². The van der Waals surface area contributed by atoms with Crippen LogP contribution in [0.25, 0.3) is 0 Å². The predicted octanol–water partition coefficient (Wildman–Crippen LogP) is 0.857. The van der Waals surface area contributed by atoms with Gasteiger partial charge in [0.25, 0.3) is 0 Å². The molecule has 3 N–H and O–H groups in total. The molecule has 0 aliphatic carbocycles. The van der Waals surface area contributed by atoms with Gasteiger partial charge in [-0.25, -0.2) is 4.39 Å². The average Bonchev–Trinajstić information content (AvgIpc) is 2.25. The Morgan fingerprint density at radius 3 is 2.82 bits per heavy atom. The number of hydrogen-bond acceptors (Lipinski definition) is 3. The van der Waals surface area contributed by atoms with Crippen molar-refractivity contribution < 1.29 is 9.18 Å². The molecule has 94 valence electrons. The second-order valence-corrected chi connectivity index (χ2v) is 3.85. The molecule has 0 spiro atoms. The lowest BCUT2D eigenvalue weighted by Crippen LogP contribution is -2.32. The lowest BCUT2D eigenvalue weighted by Gasteiger charge is -2.21. The van der Waals surface area contributed by atoms with Crippen LogP contribution >= 0.6 is 0 Å².